The van der Waals surface area contributed by atoms with Crippen molar-refractivity contribution in [1.29, 1.82) is 10.5 Å². The molecule has 0 aliphatic rings. The molecule has 0 aliphatic carbocycles. The summed E-state index contributed by atoms with van der Waals surface area (Å²) in [6.07, 6.45) is 1.68. The maximum Gasteiger partial charge on any atom is 0.212 e. The topological polar surface area (TPSA) is 108 Å². The highest BCUT2D eigenvalue weighted by molar-refractivity contribution is 7.17. The number of ether oxygens (including phenoxy) is 1. The van der Waals surface area contributed by atoms with Gasteiger partial charge in [-0.3, -0.25) is 0 Å². The highest BCUT2D eigenvalue weighted by atomic mass is 32.1. The Morgan fingerprint density at radius 3 is 2.75 bits per heavy atom. The van der Waals surface area contributed by atoms with Gasteiger partial charge in [-0.2, -0.15) is 10.5 Å². The molecule has 100 valence electrons. The van der Waals surface area contributed by atoms with Crippen LogP contribution in [-0.4, -0.2) is 12.1 Å². The van der Waals surface area contributed by atoms with Crippen LogP contribution in [0.2, 0.25) is 0 Å². The van der Waals surface area contributed by atoms with Crippen molar-refractivity contribution in [1.82, 2.24) is 4.98 Å². The molecule has 0 aliphatic heterocycles. The fourth-order valence-electron chi connectivity index (χ4n) is 1.58. The number of thiophene rings is 1. The van der Waals surface area contributed by atoms with Crippen LogP contribution in [0.3, 0.4) is 0 Å². The van der Waals surface area contributed by atoms with Gasteiger partial charge in [0, 0.05) is 18.8 Å². The van der Waals surface area contributed by atoms with Crippen molar-refractivity contribution in [2.24, 2.45) is 0 Å². The molecule has 0 amide bonds. The Bertz CT molecular complexity index is 693. The normalized spacial score (nSPS) is 9.55. The lowest BCUT2D eigenvalue weighted by Crippen LogP contribution is -2.00. The number of hydrogen-bond acceptors (Lipinski definition) is 7. The molecule has 2 aromatic rings. The number of nitrogens with two attached hydrogens (primary N) is 1. The number of nitrogen functional groups attached to an aromatic ring is 1. The molecular weight excluding hydrogens is 274 g/mol. The smallest absolute Gasteiger partial charge is 0.212 e. The largest absolute Gasteiger partial charge is 0.481 e. The van der Waals surface area contributed by atoms with Gasteiger partial charge in [-0.1, -0.05) is 6.07 Å². The summed E-state index contributed by atoms with van der Waals surface area (Å²) in [4.78, 5) is 4.43. The fraction of sp³-hybridized carbons (Fsp3) is 0.154. The third-order valence-corrected chi connectivity index (χ3v) is 3.69. The Kier molecular flexibility index (Phi) is 4.04. The van der Waals surface area contributed by atoms with Crippen LogP contribution in [0, 0.1) is 22.7 Å². The molecule has 0 radical (unpaired) electrons. The molecule has 0 unspecified atom stereocenters. The van der Waals surface area contributed by atoms with Gasteiger partial charge in [0.05, 0.1) is 12.8 Å². The zero-order chi connectivity index (χ0) is 14.5. The van der Waals surface area contributed by atoms with E-state index >= 15 is 0 Å². The third kappa shape index (κ3) is 2.63. The summed E-state index contributed by atoms with van der Waals surface area (Å²) in [6, 6.07) is 7.61. The summed E-state index contributed by atoms with van der Waals surface area (Å²) in [5.74, 6) is 0.540. The first-order chi connectivity index (χ1) is 9.69. The molecule has 2 heterocycles. The van der Waals surface area contributed by atoms with Crippen molar-refractivity contribution in [3.05, 3.63) is 34.3 Å². The molecule has 0 bridgehead atoms. The van der Waals surface area contributed by atoms with Crippen LogP contribution in [0.1, 0.15) is 16.0 Å². The molecule has 6 nitrogen and oxygen atoms in total. The number of nitrogens with zero attached hydrogens (tertiary/aromatic N) is 3. The van der Waals surface area contributed by atoms with E-state index in [0.717, 1.165) is 5.56 Å². The third-order valence-electron chi connectivity index (χ3n) is 2.62. The van der Waals surface area contributed by atoms with E-state index in [0.29, 0.717) is 27.9 Å². The Labute approximate surface area is 120 Å². The van der Waals surface area contributed by atoms with Crippen LogP contribution in [0.4, 0.5) is 10.7 Å². The van der Waals surface area contributed by atoms with Crippen molar-refractivity contribution in [2.45, 2.75) is 6.54 Å². The SMILES string of the molecule is COc1ccc(CNc2sc(C#N)c(N)c2C#N)cn1. The zero-order valence-electron chi connectivity index (χ0n) is 10.7. The van der Waals surface area contributed by atoms with E-state index in [2.05, 4.69) is 10.3 Å². The molecule has 0 atom stereocenters. The second kappa shape index (κ2) is 5.91. The summed E-state index contributed by atoms with van der Waals surface area (Å²) < 4.78 is 4.98. The van der Waals surface area contributed by atoms with E-state index in [-0.39, 0.29) is 5.69 Å². The summed E-state index contributed by atoms with van der Waals surface area (Å²) in [5.41, 5.74) is 7.20. The van der Waals surface area contributed by atoms with Gasteiger partial charge < -0.3 is 15.8 Å². The maximum atomic E-state index is 9.07. The summed E-state index contributed by atoms with van der Waals surface area (Å²) in [6.45, 7) is 0.483. The van der Waals surface area contributed by atoms with E-state index in [1.54, 1.807) is 19.4 Å². The number of nitriles is 2. The molecule has 20 heavy (non-hydrogen) atoms. The van der Waals surface area contributed by atoms with Crippen LogP contribution in [-0.2, 0) is 6.54 Å². The predicted molar refractivity (Wildman–Crippen MR) is 76.3 cm³/mol. The first kappa shape index (κ1) is 13.7. The summed E-state index contributed by atoms with van der Waals surface area (Å²) in [5, 5.41) is 21.7. The molecule has 7 heteroatoms. The number of pyridine rings is 1. The van der Waals surface area contributed by atoms with Gasteiger partial charge in [0.25, 0.3) is 0 Å². The van der Waals surface area contributed by atoms with Crippen molar-refractivity contribution in [2.75, 3.05) is 18.2 Å². The van der Waals surface area contributed by atoms with Gasteiger partial charge in [0.1, 0.15) is 27.6 Å². The Hall–Kier alpha value is -2.77. The lowest BCUT2D eigenvalue weighted by molar-refractivity contribution is 0.397. The van der Waals surface area contributed by atoms with Crippen LogP contribution in [0.5, 0.6) is 5.88 Å². The van der Waals surface area contributed by atoms with Crippen molar-refractivity contribution < 1.29 is 4.74 Å². The molecule has 0 saturated heterocycles. The van der Waals surface area contributed by atoms with Gasteiger partial charge in [-0.15, -0.1) is 11.3 Å². The second-order valence-corrected chi connectivity index (χ2v) is 4.86. The minimum absolute atomic E-state index is 0.232. The Morgan fingerprint density at radius 2 is 2.20 bits per heavy atom. The minimum atomic E-state index is 0.232. The van der Waals surface area contributed by atoms with E-state index in [4.69, 9.17) is 21.0 Å². The first-order valence-corrected chi connectivity index (χ1v) is 6.46. The van der Waals surface area contributed by atoms with Crippen LogP contribution >= 0.6 is 11.3 Å². The van der Waals surface area contributed by atoms with E-state index in [9.17, 15) is 0 Å². The van der Waals surface area contributed by atoms with Crippen molar-refractivity contribution in [3.63, 3.8) is 0 Å². The molecular formula is C13H11N5OS. The van der Waals surface area contributed by atoms with E-state index in [1.165, 1.54) is 11.3 Å². The minimum Gasteiger partial charge on any atom is -0.481 e. The standard InChI is InChI=1S/C13H11N5OS/c1-19-11-3-2-8(6-17-11)7-18-13-9(4-14)12(16)10(5-15)20-13/h2-3,6,18H,7,16H2,1H3. The van der Waals surface area contributed by atoms with Gasteiger partial charge >= 0.3 is 0 Å². The average Bonchev–Trinajstić information content (AvgIpc) is 2.81. The number of nitrogens with one attached hydrogen (secondary N) is 1. The maximum absolute atomic E-state index is 9.07. The van der Waals surface area contributed by atoms with Gasteiger partial charge in [0.2, 0.25) is 5.88 Å². The highest BCUT2D eigenvalue weighted by Crippen LogP contribution is 2.34. The highest BCUT2D eigenvalue weighted by Gasteiger charge is 2.15. The number of rotatable bonds is 4. The van der Waals surface area contributed by atoms with Crippen LogP contribution in [0.15, 0.2) is 18.3 Å². The fourth-order valence-corrected chi connectivity index (χ4v) is 2.44. The molecule has 0 aromatic carbocycles. The molecule has 0 saturated carbocycles. The van der Waals surface area contributed by atoms with E-state index in [1.807, 2.05) is 18.2 Å². The van der Waals surface area contributed by atoms with Gasteiger partial charge in [0.15, 0.2) is 0 Å². The quantitative estimate of drug-likeness (QED) is 0.890. The van der Waals surface area contributed by atoms with Crippen molar-refractivity contribution in [3.8, 4) is 18.0 Å². The second-order valence-electron chi connectivity index (χ2n) is 3.83. The van der Waals surface area contributed by atoms with Gasteiger partial charge in [-0.05, 0) is 5.56 Å². The average molecular weight is 285 g/mol. The summed E-state index contributed by atoms with van der Waals surface area (Å²) in [7, 11) is 1.55. The number of anilines is 2. The molecule has 3 N–H and O–H groups in total. The zero-order valence-corrected chi connectivity index (χ0v) is 11.5. The molecule has 2 aromatic heterocycles. The molecule has 2 rings (SSSR count). The predicted octanol–water partition coefficient (Wildman–Crippen LogP) is 2.09. The number of hydrogen-bond donors (Lipinski definition) is 2. The molecule has 0 fully saturated rings. The van der Waals surface area contributed by atoms with E-state index < -0.39 is 0 Å². The molecule has 0 spiro atoms. The van der Waals surface area contributed by atoms with Crippen LogP contribution < -0.4 is 15.8 Å². The number of methoxy groups -OCH3 is 1. The lowest BCUT2D eigenvalue weighted by atomic mass is 10.2. The monoisotopic (exact) mass is 285 g/mol. The van der Waals surface area contributed by atoms with Gasteiger partial charge in [-0.25, -0.2) is 4.98 Å². The summed E-state index contributed by atoms with van der Waals surface area (Å²) >= 11 is 1.17. The van der Waals surface area contributed by atoms with Crippen molar-refractivity contribution >= 4 is 22.0 Å². The lowest BCUT2D eigenvalue weighted by Gasteiger charge is -2.05. The first-order valence-electron chi connectivity index (χ1n) is 5.64. The Morgan fingerprint density at radius 1 is 1.40 bits per heavy atom. The Balaban J connectivity index is 2.15. The van der Waals surface area contributed by atoms with Crippen LogP contribution in [0.25, 0.3) is 0 Å². The number of aromatic nitrogens is 1.